The van der Waals surface area contributed by atoms with Crippen molar-refractivity contribution in [2.75, 3.05) is 6.61 Å². The number of halogens is 2. The lowest BCUT2D eigenvalue weighted by Gasteiger charge is -2.22. The SMILES string of the molecule is Cc1ccc(C(N)C(F)(F)CO)cc1C. The molecule has 3 N–H and O–H groups in total. The number of aliphatic hydroxyl groups is 1. The number of nitrogens with two attached hydrogens (primary N) is 1. The third-order valence-electron chi connectivity index (χ3n) is 2.56. The van der Waals surface area contributed by atoms with E-state index in [0.29, 0.717) is 5.56 Å². The minimum Gasteiger partial charge on any atom is -0.390 e. The first-order valence-corrected chi connectivity index (χ1v) is 4.70. The van der Waals surface area contributed by atoms with Gasteiger partial charge in [0.2, 0.25) is 0 Å². The van der Waals surface area contributed by atoms with Gasteiger partial charge in [-0.15, -0.1) is 0 Å². The molecule has 15 heavy (non-hydrogen) atoms. The average Bonchev–Trinajstić information content (AvgIpc) is 2.21. The first kappa shape index (κ1) is 12.1. The molecule has 0 bridgehead atoms. The summed E-state index contributed by atoms with van der Waals surface area (Å²) in [7, 11) is 0. The van der Waals surface area contributed by atoms with Crippen LogP contribution in [0, 0.1) is 13.8 Å². The summed E-state index contributed by atoms with van der Waals surface area (Å²) in [5.74, 6) is -3.28. The Morgan fingerprint density at radius 1 is 1.33 bits per heavy atom. The van der Waals surface area contributed by atoms with Crippen LogP contribution in [0.2, 0.25) is 0 Å². The molecule has 0 aromatic heterocycles. The predicted molar refractivity (Wildman–Crippen MR) is 54.9 cm³/mol. The van der Waals surface area contributed by atoms with Crippen molar-refractivity contribution in [1.29, 1.82) is 0 Å². The summed E-state index contributed by atoms with van der Waals surface area (Å²) >= 11 is 0. The van der Waals surface area contributed by atoms with E-state index in [1.807, 2.05) is 13.8 Å². The zero-order valence-corrected chi connectivity index (χ0v) is 8.80. The van der Waals surface area contributed by atoms with Gasteiger partial charge in [0.1, 0.15) is 6.61 Å². The fourth-order valence-electron chi connectivity index (χ4n) is 1.30. The number of alkyl halides is 2. The molecule has 1 aromatic rings. The number of hydrogen-bond donors (Lipinski definition) is 2. The Morgan fingerprint density at radius 3 is 2.40 bits per heavy atom. The van der Waals surface area contributed by atoms with E-state index in [1.165, 1.54) is 0 Å². The van der Waals surface area contributed by atoms with E-state index >= 15 is 0 Å². The van der Waals surface area contributed by atoms with Crippen LogP contribution in [0.15, 0.2) is 18.2 Å². The smallest absolute Gasteiger partial charge is 0.289 e. The molecule has 0 amide bonds. The molecule has 84 valence electrons. The highest BCUT2D eigenvalue weighted by Gasteiger charge is 2.37. The van der Waals surface area contributed by atoms with Gasteiger partial charge in [-0.2, -0.15) is 0 Å². The van der Waals surface area contributed by atoms with Crippen molar-refractivity contribution in [3.8, 4) is 0 Å². The van der Waals surface area contributed by atoms with Gasteiger partial charge in [0.05, 0.1) is 6.04 Å². The molecule has 1 unspecified atom stereocenters. The Bertz CT molecular complexity index is 352. The van der Waals surface area contributed by atoms with Crippen molar-refractivity contribution in [2.45, 2.75) is 25.8 Å². The van der Waals surface area contributed by atoms with E-state index in [-0.39, 0.29) is 0 Å². The van der Waals surface area contributed by atoms with Crippen molar-refractivity contribution in [2.24, 2.45) is 5.73 Å². The van der Waals surface area contributed by atoms with E-state index in [0.717, 1.165) is 11.1 Å². The summed E-state index contributed by atoms with van der Waals surface area (Å²) in [5.41, 5.74) is 7.68. The summed E-state index contributed by atoms with van der Waals surface area (Å²) < 4.78 is 26.2. The molecule has 0 aliphatic heterocycles. The van der Waals surface area contributed by atoms with E-state index in [4.69, 9.17) is 10.8 Å². The standard InChI is InChI=1S/C11H15F2NO/c1-7-3-4-9(5-8(7)2)10(14)11(12,13)6-15/h3-5,10,15H,6,14H2,1-2H3. The second-order valence-corrected chi connectivity index (χ2v) is 3.74. The second kappa shape index (κ2) is 4.24. The van der Waals surface area contributed by atoms with Crippen LogP contribution >= 0.6 is 0 Å². The number of rotatable bonds is 3. The summed E-state index contributed by atoms with van der Waals surface area (Å²) in [4.78, 5) is 0. The highest BCUT2D eigenvalue weighted by molar-refractivity contribution is 5.32. The number of aliphatic hydroxyl groups excluding tert-OH is 1. The van der Waals surface area contributed by atoms with Crippen LogP contribution in [0.4, 0.5) is 8.78 Å². The summed E-state index contributed by atoms with van der Waals surface area (Å²) in [6.07, 6.45) is 0. The molecule has 1 aromatic carbocycles. The van der Waals surface area contributed by atoms with Crippen LogP contribution in [0.3, 0.4) is 0 Å². The van der Waals surface area contributed by atoms with Crippen molar-refractivity contribution in [3.05, 3.63) is 34.9 Å². The van der Waals surface area contributed by atoms with Crippen molar-refractivity contribution >= 4 is 0 Å². The predicted octanol–water partition coefficient (Wildman–Crippen LogP) is 1.93. The summed E-state index contributed by atoms with van der Waals surface area (Å²) in [5, 5.41) is 8.52. The van der Waals surface area contributed by atoms with Crippen molar-refractivity contribution in [1.82, 2.24) is 0 Å². The Hall–Kier alpha value is -1.00. The van der Waals surface area contributed by atoms with E-state index in [2.05, 4.69) is 0 Å². The van der Waals surface area contributed by atoms with E-state index in [9.17, 15) is 8.78 Å². The molecule has 0 heterocycles. The highest BCUT2D eigenvalue weighted by Crippen LogP contribution is 2.29. The van der Waals surface area contributed by atoms with Crippen LogP contribution in [0.25, 0.3) is 0 Å². The largest absolute Gasteiger partial charge is 0.390 e. The van der Waals surface area contributed by atoms with Crippen LogP contribution in [-0.2, 0) is 0 Å². The van der Waals surface area contributed by atoms with Gasteiger partial charge in [-0.3, -0.25) is 0 Å². The molecule has 0 saturated heterocycles. The molecular weight excluding hydrogens is 200 g/mol. The van der Waals surface area contributed by atoms with Crippen LogP contribution < -0.4 is 5.73 Å². The number of benzene rings is 1. The zero-order valence-electron chi connectivity index (χ0n) is 8.80. The maximum Gasteiger partial charge on any atom is 0.289 e. The summed E-state index contributed by atoms with van der Waals surface area (Å²) in [6, 6.07) is 3.49. The Balaban J connectivity index is 3.02. The molecular formula is C11H15F2NO. The summed E-state index contributed by atoms with van der Waals surface area (Å²) in [6.45, 7) is 2.50. The minimum absolute atomic E-state index is 0.345. The molecule has 1 rings (SSSR count). The van der Waals surface area contributed by atoms with E-state index in [1.54, 1.807) is 18.2 Å². The highest BCUT2D eigenvalue weighted by atomic mass is 19.3. The van der Waals surface area contributed by atoms with Gasteiger partial charge in [-0.05, 0) is 30.5 Å². The molecule has 2 nitrogen and oxygen atoms in total. The quantitative estimate of drug-likeness (QED) is 0.809. The molecule has 0 spiro atoms. The maximum absolute atomic E-state index is 13.1. The molecule has 1 atom stereocenters. The second-order valence-electron chi connectivity index (χ2n) is 3.74. The fourth-order valence-corrected chi connectivity index (χ4v) is 1.30. The number of hydrogen-bond acceptors (Lipinski definition) is 2. The van der Waals surface area contributed by atoms with Crippen molar-refractivity contribution in [3.63, 3.8) is 0 Å². The topological polar surface area (TPSA) is 46.2 Å². The monoisotopic (exact) mass is 215 g/mol. The van der Waals surface area contributed by atoms with Crippen LogP contribution in [-0.4, -0.2) is 17.6 Å². The van der Waals surface area contributed by atoms with Gasteiger partial charge in [0, 0.05) is 0 Å². The third kappa shape index (κ3) is 2.52. The lowest BCUT2D eigenvalue weighted by atomic mass is 9.98. The first-order chi connectivity index (χ1) is 6.88. The molecule has 0 aliphatic carbocycles. The average molecular weight is 215 g/mol. The minimum atomic E-state index is -3.28. The van der Waals surface area contributed by atoms with E-state index < -0.39 is 18.6 Å². The molecule has 0 fully saturated rings. The molecule has 0 aliphatic rings. The first-order valence-electron chi connectivity index (χ1n) is 4.70. The lowest BCUT2D eigenvalue weighted by molar-refractivity contribution is -0.0711. The van der Waals surface area contributed by atoms with Gasteiger partial charge in [-0.1, -0.05) is 18.2 Å². The van der Waals surface area contributed by atoms with Gasteiger partial charge in [0.25, 0.3) is 5.92 Å². The zero-order chi connectivity index (χ0) is 11.6. The van der Waals surface area contributed by atoms with Gasteiger partial charge >= 0.3 is 0 Å². The Kier molecular flexibility index (Phi) is 3.42. The number of aryl methyl sites for hydroxylation is 2. The molecule has 4 heteroatoms. The van der Waals surface area contributed by atoms with Crippen molar-refractivity contribution < 1.29 is 13.9 Å². The van der Waals surface area contributed by atoms with Crippen LogP contribution in [0.5, 0.6) is 0 Å². The van der Waals surface area contributed by atoms with Gasteiger partial charge < -0.3 is 10.8 Å². The third-order valence-corrected chi connectivity index (χ3v) is 2.56. The van der Waals surface area contributed by atoms with Crippen LogP contribution in [0.1, 0.15) is 22.7 Å². The van der Waals surface area contributed by atoms with Gasteiger partial charge in [-0.25, -0.2) is 8.78 Å². The fraction of sp³-hybridized carbons (Fsp3) is 0.455. The van der Waals surface area contributed by atoms with Gasteiger partial charge in [0.15, 0.2) is 0 Å². The molecule has 0 radical (unpaired) electrons. The normalized spacial score (nSPS) is 14.0. The maximum atomic E-state index is 13.1. The lowest BCUT2D eigenvalue weighted by Crippen LogP contribution is -2.36. The Morgan fingerprint density at radius 2 is 1.93 bits per heavy atom. The molecule has 0 saturated carbocycles. The Labute approximate surface area is 87.7 Å².